The fraction of sp³-hybridized carbons (Fsp3) is 0.0345. The molecule has 0 spiro atoms. The Morgan fingerprint density at radius 1 is 0.868 bits per heavy atom. The van der Waals surface area contributed by atoms with Gasteiger partial charge in [0.1, 0.15) is 35.7 Å². The quantitative estimate of drug-likeness (QED) is 0.550. The second-order valence-corrected chi connectivity index (χ2v) is 8.12. The average Bonchev–Trinajstić information content (AvgIpc) is 3.39. The van der Waals surface area contributed by atoms with Crippen LogP contribution in [0.25, 0.3) is 39.2 Å². The molecule has 2 aromatic rings. The molecular formula is C29H11F2N7. The third kappa shape index (κ3) is 3.16. The van der Waals surface area contributed by atoms with Crippen LogP contribution in [0.4, 0.5) is 8.78 Å². The Balaban J connectivity index is 2.17. The molecule has 0 fully saturated rings. The molecule has 176 valence electrons. The van der Waals surface area contributed by atoms with Gasteiger partial charge in [0.25, 0.3) is 0 Å². The van der Waals surface area contributed by atoms with Gasteiger partial charge in [0.05, 0.1) is 22.9 Å². The third-order valence-corrected chi connectivity index (χ3v) is 6.32. The van der Waals surface area contributed by atoms with Crippen molar-refractivity contribution in [1.82, 2.24) is 10.3 Å². The second kappa shape index (κ2) is 9.18. The van der Waals surface area contributed by atoms with Crippen molar-refractivity contribution in [2.75, 3.05) is 6.54 Å². The lowest BCUT2D eigenvalue weighted by Crippen LogP contribution is -2.18. The Morgan fingerprint density at radius 2 is 1.58 bits per heavy atom. The Labute approximate surface area is 215 Å². The summed E-state index contributed by atoms with van der Waals surface area (Å²) < 4.78 is 31.8. The summed E-state index contributed by atoms with van der Waals surface area (Å²) in [7, 11) is 0. The Kier molecular flexibility index (Phi) is 5.71. The average molecular weight is 495 g/mol. The van der Waals surface area contributed by atoms with E-state index < -0.39 is 33.9 Å². The van der Waals surface area contributed by atoms with Crippen molar-refractivity contribution < 1.29 is 8.78 Å². The molecule has 3 aliphatic rings. The molecule has 0 unspecified atom stereocenters. The van der Waals surface area contributed by atoms with Crippen molar-refractivity contribution in [3.63, 3.8) is 0 Å². The standard InChI is InChI=1S/C29H11F2N7/c30-28-16(7-8-32)22-23(17(28)13-35)26(20-6-2-4-10-38-20)27-21(15(11-33)12-34)29(31)18(14-36)24(27)25(22)19-5-1-3-9-37-19/h1-7,10,37H,9H2/b16-7-. The van der Waals surface area contributed by atoms with E-state index in [9.17, 15) is 26.3 Å². The number of pyridine rings is 1. The predicted molar refractivity (Wildman–Crippen MR) is 134 cm³/mol. The summed E-state index contributed by atoms with van der Waals surface area (Å²) in [6.07, 6.45) is 7.53. The fourth-order valence-corrected chi connectivity index (χ4v) is 4.92. The maximum Gasteiger partial charge on any atom is 0.151 e. The molecule has 9 heteroatoms. The normalized spacial score (nSPS) is 16.0. The van der Waals surface area contributed by atoms with E-state index >= 15 is 8.78 Å². The van der Waals surface area contributed by atoms with Crippen molar-refractivity contribution in [2.45, 2.75) is 0 Å². The number of allylic oxidation sites excluding steroid dienone is 10. The molecule has 0 atom stereocenters. The first-order valence-electron chi connectivity index (χ1n) is 11.1. The molecule has 2 aliphatic carbocycles. The highest BCUT2D eigenvalue weighted by Crippen LogP contribution is 2.58. The van der Waals surface area contributed by atoms with Crippen LogP contribution < -0.4 is 5.32 Å². The zero-order valence-corrected chi connectivity index (χ0v) is 19.3. The van der Waals surface area contributed by atoms with Gasteiger partial charge in [-0.15, -0.1) is 0 Å². The van der Waals surface area contributed by atoms with Crippen molar-refractivity contribution in [3.8, 4) is 41.6 Å². The number of dihydropyridines is 1. The van der Waals surface area contributed by atoms with Gasteiger partial charge in [0, 0.05) is 69.0 Å². The topological polar surface area (TPSA) is 144 Å². The molecule has 2 heterocycles. The van der Waals surface area contributed by atoms with E-state index in [1.165, 1.54) is 6.20 Å². The van der Waals surface area contributed by atoms with Gasteiger partial charge in [0.15, 0.2) is 5.83 Å². The van der Waals surface area contributed by atoms with Crippen LogP contribution >= 0.6 is 0 Å². The molecule has 0 saturated heterocycles. The predicted octanol–water partition coefficient (Wildman–Crippen LogP) is 5.39. The molecule has 1 aromatic heterocycles. The van der Waals surface area contributed by atoms with Gasteiger partial charge in [-0.2, -0.15) is 26.3 Å². The van der Waals surface area contributed by atoms with Gasteiger partial charge in [-0.3, -0.25) is 4.98 Å². The molecule has 0 amide bonds. The van der Waals surface area contributed by atoms with Crippen LogP contribution in [-0.4, -0.2) is 11.5 Å². The third-order valence-electron chi connectivity index (χ3n) is 6.32. The second-order valence-electron chi connectivity index (χ2n) is 8.12. The number of halogens is 2. The molecular weight excluding hydrogens is 484 g/mol. The Bertz CT molecular complexity index is 1850. The summed E-state index contributed by atoms with van der Waals surface area (Å²) in [4.78, 5) is 4.34. The van der Waals surface area contributed by atoms with Crippen LogP contribution in [0.15, 0.2) is 65.9 Å². The van der Waals surface area contributed by atoms with Crippen molar-refractivity contribution in [3.05, 3.63) is 93.7 Å². The Hall–Kier alpha value is -6.08. The number of rotatable bonds is 2. The van der Waals surface area contributed by atoms with Crippen molar-refractivity contribution in [2.24, 2.45) is 0 Å². The molecule has 1 aliphatic heterocycles. The molecule has 0 radical (unpaired) electrons. The number of aromatic nitrogens is 1. The number of hydrogen-bond donors (Lipinski definition) is 1. The van der Waals surface area contributed by atoms with Crippen LogP contribution in [0.1, 0.15) is 27.8 Å². The number of nitrogens with zero attached hydrogens (tertiary/aromatic N) is 6. The lowest BCUT2D eigenvalue weighted by Gasteiger charge is -2.24. The van der Waals surface area contributed by atoms with Gasteiger partial charge in [-0.05, 0) is 18.2 Å². The molecule has 1 aromatic carbocycles. The molecule has 5 rings (SSSR count). The van der Waals surface area contributed by atoms with E-state index in [2.05, 4.69) is 10.3 Å². The Morgan fingerprint density at radius 3 is 2.16 bits per heavy atom. The smallest absolute Gasteiger partial charge is 0.151 e. The van der Waals surface area contributed by atoms with E-state index in [1.54, 1.807) is 54.6 Å². The SMILES string of the molecule is N#C/C=C1\C(F)=C(C#N)c2c1c(C1=CC=CCN1)c1c(c2-c2ccccn2)C(=C(C#N)C#N)C(F)=C1C#N. The highest BCUT2D eigenvalue weighted by atomic mass is 19.1. The summed E-state index contributed by atoms with van der Waals surface area (Å²) in [5, 5.41) is 52.1. The highest BCUT2D eigenvalue weighted by Gasteiger charge is 2.43. The van der Waals surface area contributed by atoms with Crippen molar-refractivity contribution in [1.29, 1.82) is 26.3 Å². The van der Waals surface area contributed by atoms with Crippen LogP contribution in [0.2, 0.25) is 0 Å². The largest absolute Gasteiger partial charge is 0.381 e. The minimum absolute atomic E-state index is 0.00674. The first-order valence-corrected chi connectivity index (χ1v) is 11.1. The van der Waals surface area contributed by atoms with Crippen LogP contribution in [0.3, 0.4) is 0 Å². The molecule has 38 heavy (non-hydrogen) atoms. The molecule has 7 nitrogen and oxygen atoms in total. The highest BCUT2D eigenvalue weighted by molar-refractivity contribution is 6.18. The van der Waals surface area contributed by atoms with Gasteiger partial charge >= 0.3 is 0 Å². The van der Waals surface area contributed by atoms with Gasteiger partial charge in [-0.1, -0.05) is 18.2 Å². The van der Waals surface area contributed by atoms with Crippen LogP contribution in [-0.2, 0) is 0 Å². The van der Waals surface area contributed by atoms with E-state index in [-0.39, 0.29) is 44.6 Å². The van der Waals surface area contributed by atoms with E-state index in [0.717, 1.165) is 6.08 Å². The molecule has 0 bridgehead atoms. The van der Waals surface area contributed by atoms with Crippen LogP contribution in [0.5, 0.6) is 0 Å². The van der Waals surface area contributed by atoms with Gasteiger partial charge < -0.3 is 5.32 Å². The number of fused-ring (bicyclic) bond motifs is 2. The first-order chi connectivity index (χ1) is 18.5. The monoisotopic (exact) mass is 495 g/mol. The van der Waals surface area contributed by atoms with Gasteiger partial charge in [-0.25, -0.2) is 8.78 Å². The number of hydrogen-bond acceptors (Lipinski definition) is 7. The fourth-order valence-electron chi connectivity index (χ4n) is 4.92. The minimum atomic E-state index is -1.09. The number of nitriles is 5. The summed E-state index contributed by atoms with van der Waals surface area (Å²) in [6, 6.07) is 13.7. The lowest BCUT2D eigenvalue weighted by atomic mass is 9.80. The number of benzene rings is 1. The minimum Gasteiger partial charge on any atom is -0.381 e. The zero-order chi connectivity index (χ0) is 27.0. The maximum absolute atomic E-state index is 16.0. The van der Waals surface area contributed by atoms with E-state index in [0.29, 0.717) is 12.2 Å². The zero-order valence-electron chi connectivity index (χ0n) is 19.3. The lowest BCUT2D eigenvalue weighted by molar-refractivity contribution is 0.681. The van der Waals surface area contributed by atoms with Crippen molar-refractivity contribution >= 4 is 28.0 Å². The van der Waals surface area contributed by atoms with Crippen LogP contribution in [0, 0.1) is 56.7 Å². The first kappa shape index (κ1) is 23.7. The summed E-state index contributed by atoms with van der Waals surface area (Å²) in [5.74, 6) is -2.06. The number of nitrogens with one attached hydrogen (secondary N) is 1. The molecule has 0 saturated carbocycles. The maximum atomic E-state index is 16.0. The molecule has 1 N–H and O–H groups in total. The van der Waals surface area contributed by atoms with E-state index in [4.69, 9.17) is 0 Å². The summed E-state index contributed by atoms with van der Waals surface area (Å²) in [6.45, 7) is 0.355. The summed E-state index contributed by atoms with van der Waals surface area (Å²) in [5.41, 5.74) is -1.22. The van der Waals surface area contributed by atoms with E-state index in [1.807, 2.05) is 12.1 Å². The summed E-state index contributed by atoms with van der Waals surface area (Å²) >= 11 is 0. The van der Waals surface area contributed by atoms with Gasteiger partial charge in [0.2, 0.25) is 0 Å².